The Morgan fingerprint density at radius 2 is 2.15 bits per heavy atom. The maximum atomic E-state index is 14.4. The summed E-state index contributed by atoms with van der Waals surface area (Å²) in [6.45, 7) is 3.21. The quantitative estimate of drug-likeness (QED) is 0.880. The number of rotatable bonds is 5. The van der Waals surface area contributed by atoms with E-state index >= 15 is 0 Å². The summed E-state index contributed by atoms with van der Waals surface area (Å²) in [6, 6.07) is 5.31. The van der Waals surface area contributed by atoms with Gasteiger partial charge in [-0.05, 0) is 55.8 Å². The summed E-state index contributed by atoms with van der Waals surface area (Å²) in [5.74, 6) is 2.07. The van der Waals surface area contributed by atoms with Crippen molar-refractivity contribution in [2.45, 2.75) is 38.5 Å². The largest absolute Gasteiger partial charge is 0.497 e. The molecule has 1 aromatic carbocycles. The minimum atomic E-state index is -0.118. The lowest BCUT2D eigenvalue weighted by Crippen LogP contribution is -2.31. The lowest BCUT2D eigenvalue weighted by atomic mass is 9.70. The summed E-state index contributed by atoms with van der Waals surface area (Å²) in [4.78, 5) is 0. The third-order valence-corrected chi connectivity index (χ3v) is 4.75. The van der Waals surface area contributed by atoms with Crippen molar-refractivity contribution in [1.82, 2.24) is 5.32 Å². The Labute approximate surface area is 121 Å². The van der Waals surface area contributed by atoms with Gasteiger partial charge in [0, 0.05) is 6.07 Å². The molecule has 1 aliphatic rings. The predicted molar refractivity (Wildman–Crippen MR) is 80.7 cm³/mol. The van der Waals surface area contributed by atoms with E-state index in [1.165, 1.54) is 25.3 Å². The molecule has 0 heterocycles. The minimum Gasteiger partial charge on any atom is -0.497 e. The number of hydrogen-bond donors (Lipinski definition) is 1. The molecule has 0 saturated heterocycles. The Bertz CT molecular complexity index is 435. The molecule has 0 aromatic heterocycles. The third kappa shape index (κ3) is 3.32. The van der Waals surface area contributed by atoms with E-state index in [1.807, 2.05) is 19.2 Å². The molecule has 2 rings (SSSR count). The average molecular weight is 279 g/mol. The Balaban J connectivity index is 2.24. The Hall–Kier alpha value is -1.09. The van der Waals surface area contributed by atoms with Gasteiger partial charge in [-0.3, -0.25) is 0 Å². The summed E-state index contributed by atoms with van der Waals surface area (Å²) in [7, 11) is 3.55. The molecule has 0 bridgehead atoms. The van der Waals surface area contributed by atoms with Crippen molar-refractivity contribution in [1.29, 1.82) is 0 Å². The molecule has 3 atom stereocenters. The fraction of sp³-hybridized carbons (Fsp3) is 0.647. The lowest BCUT2D eigenvalue weighted by molar-refractivity contribution is 0.225. The van der Waals surface area contributed by atoms with Crippen LogP contribution < -0.4 is 10.1 Å². The van der Waals surface area contributed by atoms with Crippen LogP contribution in [0.1, 0.15) is 44.1 Å². The molecule has 3 heteroatoms. The first kappa shape index (κ1) is 15.3. The van der Waals surface area contributed by atoms with Crippen LogP contribution in [0.3, 0.4) is 0 Å². The van der Waals surface area contributed by atoms with Gasteiger partial charge in [-0.15, -0.1) is 0 Å². The van der Waals surface area contributed by atoms with Crippen LogP contribution in [0.4, 0.5) is 4.39 Å². The molecule has 0 spiro atoms. The van der Waals surface area contributed by atoms with Crippen LogP contribution in [-0.4, -0.2) is 20.7 Å². The smallest absolute Gasteiger partial charge is 0.130 e. The normalized spacial score (nSPS) is 26.5. The maximum absolute atomic E-state index is 14.4. The first-order chi connectivity index (χ1) is 9.69. The number of hydrogen-bond acceptors (Lipinski definition) is 2. The van der Waals surface area contributed by atoms with Crippen molar-refractivity contribution >= 4 is 0 Å². The van der Waals surface area contributed by atoms with Gasteiger partial charge in [-0.1, -0.05) is 25.8 Å². The zero-order valence-corrected chi connectivity index (χ0v) is 12.8. The van der Waals surface area contributed by atoms with Crippen LogP contribution in [0.25, 0.3) is 0 Å². The molecule has 0 aliphatic heterocycles. The molecule has 112 valence electrons. The lowest BCUT2D eigenvalue weighted by Gasteiger charge is -2.36. The molecule has 3 unspecified atom stereocenters. The molecule has 1 saturated carbocycles. The highest BCUT2D eigenvalue weighted by molar-refractivity contribution is 5.32. The molecule has 0 amide bonds. The van der Waals surface area contributed by atoms with Gasteiger partial charge in [0.15, 0.2) is 0 Å². The van der Waals surface area contributed by atoms with Crippen LogP contribution in [-0.2, 0) is 0 Å². The van der Waals surface area contributed by atoms with E-state index < -0.39 is 0 Å². The highest BCUT2D eigenvalue weighted by atomic mass is 19.1. The number of nitrogens with one attached hydrogen (secondary N) is 1. The SMILES string of the molecule is CCC1CCC(CNC)C(c2ccc(OC)cc2F)C1. The second kappa shape index (κ2) is 7.07. The van der Waals surface area contributed by atoms with Crippen LogP contribution in [0.15, 0.2) is 18.2 Å². The standard InChI is InChI=1S/C17H26FNO/c1-4-12-5-6-13(11-19-2)16(9-12)15-8-7-14(20-3)10-17(15)18/h7-8,10,12-13,16,19H,4-6,9,11H2,1-3H3. The highest BCUT2D eigenvalue weighted by Crippen LogP contribution is 2.42. The van der Waals surface area contributed by atoms with Gasteiger partial charge in [0.05, 0.1) is 7.11 Å². The average Bonchev–Trinajstić information content (AvgIpc) is 2.48. The number of ether oxygens (including phenoxy) is 1. The fourth-order valence-corrected chi connectivity index (χ4v) is 3.51. The van der Waals surface area contributed by atoms with Gasteiger partial charge >= 0.3 is 0 Å². The number of halogens is 1. The maximum Gasteiger partial charge on any atom is 0.130 e. The second-order valence-corrected chi connectivity index (χ2v) is 5.90. The number of benzene rings is 1. The van der Waals surface area contributed by atoms with Crippen molar-refractivity contribution in [2.75, 3.05) is 20.7 Å². The molecule has 1 fully saturated rings. The van der Waals surface area contributed by atoms with Crippen molar-refractivity contribution in [3.8, 4) is 5.75 Å². The Morgan fingerprint density at radius 1 is 1.35 bits per heavy atom. The zero-order valence-electron chi connectivity index (χ0n) is 12.8. The van der Waals surface area contributed by atoms with Crippen LogP contribution in [0.2, 0.25) is 0 Å². The first-order valence-electron chi connectivity index (χ1n) is 7.67. The summed E-state index contributed by atoms with van der Waals surface area (Å²) in [6.07, 6.45) is 4.76. The van der Waals surface area contributed by atoms with Crippen LogP contribution in [0.5, 0.6) is 5.75 Å². The van der Waals surface area contributed by atoms with E-state index in [1.54, 1.807) is 7.11 Å². The van der Waals surface area contributed by atoms with E-state index in [0.717, 1.165) is 24.4 Å². The number of methoxy groups -OCH3 is 1. The van der Waals surface area contributed by atoms with E-state index in [4.69, 9.17) is 4.74 Å². The zero-order chi connectivity index (χ0) is 14.5. The van der Waals surface area contributed by atoms with Crippen LogP contribution >= 0.6 is 0 Å². The van der Waals surface area contributed by atoms with E-state index in [2.05, 4.69) is 12.2 Å². The van der Waals surface area contributed by atoms with E-state index in [-0.39, 0.29) is 5.82 Å². The molecule has 1 N–H and O–H groups in total. The van der Waals surface area contributed by atoms with Gasteiger partial charge in [-0.25, -0.2) is 4.39 Å². The van der Waals surface area contributed by atoms with Gasteiger partial charge in [-0.2, -0.15) is 0 Å². The molecule has 1 aliphatic carbocycles. The monoisotopic (exact) mass is 279 g/mol. The molecular formula is C17H26FNO. The summed E-state index contributed by atoms with van der Waals surface area (Å²) in [5.41, 5.74) is 0.865. The fourth-order valence-electron chi connectivity index (χ4n) is 3.51. The topological polar surface area (TPSA) is 21.3 Å². The van der Waals surface area contributed by atoms with Crippen molar-refractivity contribution in [3.63, 3.8) is 0 Å². The minimum absolute atomic E-state index is 0.118. The molecule has 2 nitrogen and oxygen atoms in total. The first-order valence-corrected chi connectivity index (χ1v) is 7.67. The van der Waals surface area contributed by atoms with Gasteiger partial charge in [0.25, 0.3) is 0 Å². The molecule has 20 heavy (non-hydrogen) atoms. The van der Waals surface area contributed by atoms with E-state index in [9.17, 15) is 4.39 Å². The molecule has 0 radical (unpaired) electrons. The second-order valence-electron chi connectivity index (χ2n) is 5.90. The predicted octanol–water partition coefficient (Wildman–Crippen LogP) is 3.96. The van der Waals surface area contributed by atoms with E-state index in [0.29, 0.717) is 17.6 Å². The van der Waals surface area contributed by atoms with Gasteiger partial charge in [0.1, 0.15) is 11.6 Å². The van der Waals surface area contributed by atoms with Gasteiger partial charge < -0.3 is 10.1 Å². The van der Waals surface area contributed by atoms with Crippen LogP contribution in [0, 0.1) is 17.7 Å². The molecule has 1 aromatic rings. The summed E-state index contributed by atoms with van der Waals surface area (Å²) >= 11 is 0. The highest BCUT2D eigenvalue weighted by Gasteiger charge is 2.32. The van der Waals surface area contributed by atoms with Crippen molar-refractivity contribution in [2.24, 2.45) is 11.8 Å². The summed E-state index contributed by atoms with van der Waals surface area (Å²) in [5, 5.41) is 3.26. The van der Waals surface area contributed by atoms with Crippen molar-refractivity contribution in [3.05, 3.63) is 29.6 Å². The third-order valence-electron chi connectivity index (χ3n) is 4.75. The Kier molecular flexibility index (Phi) is 5.41. The Morgan fingerprint density at radius 3 is 2.75 bits per heavy atom. The van der Waals surface area contributed by atoms with Crippen molar-refractivity contribution < 1.29 is 9.13 Å². The van der Waals surface area contributed by atoms with Gasteiger partial charge in [0.2, 0.25) is 0 Å². The summed E-state index contributed by atoms with van der Waals surface area (Å²) < 4.78 is 19.5. The molecular weight excluding hydrogens is 253 g/mol.